The number of anilines is 1. The van der Waals surface area contributed by atoms with E-state index in [0.717, 1.165) is 37.4 Å². The van der Waals surface area contributed by atoms with E-state index in [1.807, 2.05) is 17.9 Å². The van der Waals surface area contributed by atoms with Crippen molar-refractivity contribution in [2.75, 3.05) is 25.0 Å². The van der Waals surface area contributed by atoms with E-state index in [2.05, 4.69) is 31.9 Å². The van der Waals surface area contributed by atoms with E-state index in [1.165, 1.54) is 6.33 Å². The van der Waals surface area contributed by atoms with Crippen LogP contribution in [-0.2, 0) is 0 Å². The fraction of sp³-hybridized carbons (Fsp3) is 0.467. The molecule has 0 saturated carbocycles. The Morgan fingerprint density at radius 1 is 1.36 bits per heavy atom. The lowest BCUT2D eigenvalue weighted by Gasteiger charge is -2.37. The maximum Gasteiger partial charge on any atom is 0.271 e. The van der Waals surface area contributed by atoms with Gasteiger partial charge in [-0.3, -0.25) is 4.79 Å². The number of rotatable bonds is 3. The van der Waals surface area contributed by atoms with Crippen LogP contribution in [0.2, 0.25) is 0 Å². The molecule has 1 N–H and O–H groups in total. The smallest absolute Gasteiger partial charge is 0.271 e. The molecule has 0 spiro atoms. The molecular formula is C15H20N6O. The van der Waals surface area contributed by atoms with Gasteiger partial charge in [0.2, 0.25) is 0 Å². The van der Waals surface area contributed by atoms with Crippen LogP contribution in [0.4, 0.5) is 5.82 Å². The van der Waals surface area contributed by atoms with Crippen molar-refractivity contribution < 1.29 is 4.79 Å². The number of carbonyl (C=O) groups is 1. The Morgan fingerprint density at radius 3 is 2.77 bits per heavy atom. The molecule has 0 unspecified atom stereocenters. The molecule has 1 amide bonds. The van der Waals surface area contributed by atoms with Crippen LogP contribution < -0.4 is 4.90 Å². The Morgan fingerprint density at radius 2 is 2.14 bits per heavy atom. The molecule has 116 valence electrons. The Labute approximate surface area is 129 Å². The molecule has 1 aliphatic rings. The van der Waals surface area contributed by atoms with Gasteiger partial charge >= 0.3 is 0 Å². The van der Waals surface area contributed by atoms with E-state index in [1.54, 1.807) is 12.5 Å². The van der Waals surface area contributed by atoms with Crippen molar-refractivity contribution in [3.63, 3.8) is 0 Å². The molecule has 7 heteroatoms. The van der Waals surface area contributed by atoms with Crippen LogP contribution in [0.25, 0.3) is 0 Å². The average molecular weight is 300 g/mol. The standard InChI is InChI=1S/C15H20N6O/c1-11-7-14(19-10-17-11)20(2)12-3-5-21(6-4-12)15(22)13-8-16-9-18-13/h7-10,12H,3-6H2,1-2H3,(H,16,18). The summed E-state index contributed by atoms with van der Waals surface area (Å²) in [4.78, 5) is 31.6. The summed E-state index contributed by atoms with van der Waals surface area (Å²) in [5.74, 6) is 0.960. The molecule has 0 aromatic carbocycles. The van der Waals surface area contributed by atoms with Crippen LogP contribution in [0.3, 0.4) is 0 Å². The lowest BCUT2D eigenvalue weighted by molar-refractivity contribution is 0.0708. The van der Waals surface area contributed by atoms with E-state index >= 15 is 0 Å². The van der Waals surface area contributed by atoms with E-state index in [4.69, 9.17) is 0 Å². The van der Waals surface area contributed by atoms with Crippen LogP contribution in [0.5, 0.6) is 0 Å². The predicted octanol–water partition coefficient (Wildman–Crippen LogP) is 1.25. The molecule has 22 heavy (non-hydrogen) atoms. The molecule has 0 radical (unpaired) electrons. The monoisotopic (exact) mass is 300 g/mol. The second kappa shape index (κ2) is 6.13. The van der Waals surface area contributed by atoms with Gasteiger partial charge < -0.3 is 14.8 Å². The van der Waals surface area contributed by atoms with Crippen molar-refractivity contribution in [1.29, 1.82) is 0 Å². The van der Waals surface area contributed by atoms with Crippen molar-refractivity contribution in [1.82, 2.24) is 24.8 Å². The Hall–Kier alpha value is -2.44. The second-order valence-electron chi connectivity index (χ2n) is 5.62. The molecule has 1 saturated heterocycles. The highest BCUT2D eigenvalue weighted by Crippen LogP contribution is 2.21. The number of carbonyl (C=O) groups excluding carboxylic acids is 1. The molecule has 2 aromatic heterocycles. The number of likely N-dealkylation sites (tertiary alicyclic amines) is 1. The number of nitrogens with zero attached hydrogens (tertiary/aromatic N) is 5. The molecule has 0 bridgehead atoms. The zero-order chi connectivity index (χ0) is 15.5. The first kappa shape index (κ1) is 14.5. The summed E-state index contributed by atoms with van der Waals surface area (Å²) >= 11 is 0. The van der Waals surface area contributed by atoms with E-state index < -0.39 is 0 Å². The highest BCUT2D eigenvalue weighted by atomic mass is 16.2. The first-order chi connectivity index (χ1) is 10.6. The number of piperidine rings is 1. The van der Waals surface area contributed by atoms with Crippen molar-refractivity contribution >= 4 is 11.7 Å². The number of amides is 1. The number of hydrogen-bond acceptors (Lipinski definition) is 5. The summed E-state index contributed by atoms with van der Waals surface area (Å²) in [5, 5.41) is 0. The molecule has 7 nitrogen and oxygen atoms in total. The highest BCUT2D eigenvalue weighted by Gasteiger charge is 2.27. The Balaban J connectivity index is 1.61. The van der Waals surface area contributed by atoms with Crippen molar-refractivity contribution in [3.05, 3.63) is 36.3 Å². The fourth-order valence-corrected chi connectivity index (χ4v) is 2.82. The van der Waals surface area contributed by atoms with Crippen molar-refractivity contribution in [2.24, 2.45) is 0 Å². The molecule has 1 fully saturated rings. The first-order valence-electron chi connectivity index (χ1n) is 7.44. The zero-order valence-corrected chi connectivity index (χ0v) is 12.9. The number of hydrogen-bond donors (Lipinski definition) is 1. The minimum absolute atomic E-state index is 0.0245. The van der Waals surface area contributed by atoms with Gasteiger partial charge in [-0.2, -0.15) is 0 Å². The van der Waals surface area contributed by atoms with Gasteiger partial charge in [0.05, 0.1) is 12.5 Å². The van der Waals surface area contributed by atoms with Crippen LogP contribution >= 0.6 is 0 Å². The number of H-pyrrole nitrogens is 1. The molecule has 2 aromatic rings. The molecule has 0 aliphatic carbocycles. The zero-order valence-electron chi connectivity index (χ0n) is 12.9. The average Bonchev–Trinajstić information content (AvgIpc) is 3.08. The molecule has 3 heterocycles. The number of nitrogens with one attached hydrogen (secondary N) is 1. The summed E-state index contributed by atoms with van der Waals surface area (Å²) < 4.78 is 0. The molecule has 3 rings (SSSR count). The number of aryl methyl sites for hydroxylation is 1. The van der Waals surface area contributed by atoms with Gasteiger partial charge in [0, 0.05) is 37.9 Å². The lowest BCUT2D eigenvalue weighted by atomic mass is 10.0. The number of aromatic amines is 1. The van der Waals surface area contributed by atoms with Crippen LogP contribution in [-0.4, -0.2) is 56.9 Å². The topological polar surface area (TPSA) is 78.0 Å². The quantitative estimate of drug-likeness (QED) is 0.923. The lowest BCUT2D eigenvalue weighted by Crippen LogP contribution is -2.46. The Bertz CT molecular complexity index is 633. The highest BCUT2D eigenvalue weighted by molar-refractivity contribution is 5.92. The summed E-state index contributed by atoms with van der Waals surface area (Å²) in [7, 11) is 2.05. The van der Waals surface area contributed by atoms with Gasteiger partial charge in [-0.25, -0.2) is 15.0 Å². The normalized spacial score (nSPS) is 15.8. The molecule has 0 atom stereocenters. The van der Waals surface area contributed by atoms with E-state index in [0.29, 0.717) is 11.7 Å². The summed E-state index contributed by atoms with van der Waals surface area (Å²) in [6, 6.07) is 2.38. The van der Waals surface area contributed by atoms with Gasteiger partial charge in [0.25, 0.3) is 5.91 Å². The first-order valence-corrected chi connectivity index (χ1v) is 7.44. The predicted molar refractivity (Wildman–Crippen MR) is 82.7 cm³/mol. The van der Waals surface area contributed by atoms with Gasteiger partial charge in [-0.05, 0) is 19.8 Å². The van der Waals surface area contributed by atoms with Crippen molar-refractivity contribution in [2.45, 2.75) is 25.8 Å². The maximum absolute atomic E-state index is 12.3. The summed E-state index contributed by atoms with van der Waals surface area (Å²) in [6.45, 7) is 3.46. The maximum atomic E-state index is 12.3. The van der Waals surface area contributed by atoms with Crippen LogP contribution in [0.1, 0.15) is 29.0 Å². The SMILES string of the molecule is Cc1cc(N(C)C2CCN(C(=O)c3cnc[nH]3)CC2)ncn1. The largest absolute Gasteiger partial charge is 0.356 e. The van der Waals surface area contributed by atoms with Gasteiger partial charge in [0.1, 0.15) is 17.8 Å². The number of aromatic nitrogens is 4. The van der Waals surface area contributed by atoms with Crippen molar-refractivity contribution in [3.8, 4) is 0 Å². The van der Waals surface area contributed by atoms with Gasteiger partial charge in [-0.1, -0.05) is 0 Å². The fourth-order valence-electron chi connectivity index (χ4n) is 2.82. The van der Waals surface area contributed by atoms with Crippen LogP contribution in [0, 0.1) is 6.92 Å². The van der Waals surface area contributed by atoms with Gasteiger partial charge in [-0.15, -0.1) is 0 Å². The summed E-state index contributed by atoms with van der Waals surface area (Å²) in [5.41, 5.74) is 1.52. The third kappa shape index (κ3) is 2.93. The van der Waals surface area contributed by atoms with Crippen LogP contribution in [0.15, 0.2) is 24.9 Å². The van der Waals surface area contributed by atoms with Gasteiger partial charge in [0.15, 0.2) is 0 Å². The molecule has 1 aliphatic heterocycles. The minimum Gasteiger partial charge on any atom is -0.356 e. The third-order valence-electron chi connectivity index (χ3n) is 4.18. The summed E-state index contributed by atoms with van der Waals surface area (Å²) in [6.07, 6.45) is 6.56. The molecular weight excluding hydrogens is 280 g/mol. The second-order valence-corrected chi connectivity index (χ2v) is 5.62. The number of imidazole rings is 1. The third-order valence-corrected chi connectivity index (χ3v) is 4.18. The van der Waals surface area contributed by atoms with E-state index in [-0.39, 0.29) is 5.91 Å². The Kier molecular flexibility index (Phi) is 4.04. The minimum atomic E-state index is 0.0245. The van der Waals surface area contributed by atoms with E-state index in [9.17, 15) is 4.79 Å².